The van der Waals surface area contributed by atoms with Crippen LogP contribution in [0.25, 0.3) is 0 Å². The first kappa shape index (κ1) is 25.5. The monoisotopic (exact) mass is 537 g/mol. The summed E-state index contributed by atoms with van der Waals surface area (Å²) in [4.78, 5) is 21.8. The fourth-order valence-corrected chi connectivity index (χ4v) is 7.29. The van der Waals surface area contributed by atoms with Crippen LogP contribution in [0, 0.1) is 0 Å². The van der Waals surface area contributed by atoms with Gasteiger partial charge in [-0.25, -0.2) is 0 Å². The summed E-state index contributed by atoms with van der Waals surface area (Å²) >= 11 is 1.68. The van der Waals surface area contributed by atoms with Gasteiger partial charge in [-0.05, 0) is 0 Å². The zero-order chi connectivity index (χ0) is 25.3. The number of anilines is 3. The van der Waals surface area contributed by atoms with Crippen LogP contribution < -0.4 is 16.0 Å². The molecule has 2 fully saturated rings. The van der Waals surface area contributed by atoms with Crippen molar-refractivity contribution in [3.05, 3.63) is 42.2 Å². The van der Waals surface area contributed by atoms with Gasteiger partial charge in [0.15, 0.2) is 0 Å². The van der Waals surface area contributed by atoms with E-state index in [1.807, 2.05) is 23.1 Å². The number of esters is 1. The predicted molar refractivity (Wildman–Crippen MR) is 139 cm³/mol. The number of rotatable bonds is 8. The van der Waals surface area contributed by atoms with E-state index in [1.165, 1.54) is 18.8 Å². The topological polar surface area (TPSA) is 140 Å². The van der Waals surface area contributed by atoms with Crippen molar-refractivity contribution in [1.29, 1.82) is 0 Å². The van der Waals surface area contributed by atoms with E-state index in [0.717, 1.165) is 5.75 Å². The Kier molecular flexibility index (Phi) is 7.54. The summed E-state index contributed by atoms with van der Waals surface area (Å²) in [7, 11) is 0.277. The first-order chi connectivity index (χ1) is 17.4. The van der Waals surface area contributed by atoms with Gasteiger partial charge < -0.3 is 0 Å². The van der Waals surface area contributed by atoms with Crippen LogP contribution >= 0.6 is 19.6 Å². The Balaban J connectivity index is 1.37. The number of hydrogen-bond donors (Lipinski definition) is 2. The summed E-state index contributed by atoms with van der Waals surface area (Å²) in [6.07, 6.45) is -0.434. The van der Waals surface area contributed by atoms with Gasteiger partial charge in [0.05, 0.1) is 0 Å². The molecule has 1 aromatic heterocycles. The molecule has 3 aliphatic heterocycles. The number of carbonyl (C=O) groups is 1. The van der Waals surface area contributed by atoms with Gasteiger partial charge in [-0.1, -0.05) is 0 Å². The van der Waals surface area contributed by atoms with Gasteiger partial charge in [0.25, 0.3) is 0 Å². The van der Waals surface area contributed by atoms with Gasteiger partial charge in [0.2, 0.25) is 0 Å². The second-order valence-electron chi connectivity index (χ2n) is 8.58. The summed E-state index contributed by atoms with van der Waals surface area (Å²) in [5.41, 5.74) is 7.77. The Morgan fingerprint density at radius 3 is 2.92 bits per heavy atom. The van der Waals surface area contributed by atoms with Crippen molar-refractivity contribution in [2.75, 3.05) is 36.5 Å². The molecule has 5 rings (SSSR count). The zero-order valence-electron chi connectivity index (χ0n) is 20.2. The van der Waals surface area contributed by atoms with Gasteiger partial charge >= 0.3 is 214 Å². The number of nitrogens with two attached hydrogens (primary N) is 1. The van der Waals surface area contributed by atoms with E-state index < -0.39 is 32.2 Å². The van der Waals surface area contributed by atoms with Gasteiger partial charge in [-0.3, -0.25) is 0 Å². The Labute approximate surface area is 214 Å². The Bertz CT molecular complexity index is 1090. The van der Waals surface area contributed by atoms with Crippen molar-refractivity contribution >= 4 is 50.4 Å². The van der Waals surface area contributed by atoms with E-state index in [-0.39, 0.29) is 25.0 Å². The van der Waals surface area contributed by atoms with E-state index in [2.05, 4.69) is 27.4 Å². The van der Waals surface area contributed by atoms with Crippen LogP contribution in [-0.2, 0) is 38.3 Å². The van der Waals surface area contributed by atoms with Gasteiger partial charge in [-0.15, -0.1) is 0 Å². The number of nitrogen functional groups attached to an aromatic ring is 1. The Hall–Kier alpha value is -2.19. The molecule has 3 aliphatic rings. The van der Waals surface area contributed by atoms with Crippen molar-refractivity contribution < 1.29 is 32.6 Å². The number of ether oxygens (including phenoxy) is 3. The van der Waals surface area contributed by atoms with Crippen LogP contribution in [0.2, 0.25) is 0 Å². The molecule has 15 heteroatoms. The molecule has 0 bridgehead atoms. The normalized spacial score (nSPS) is 29.2. The molecule has 2 saturated heterocycles. The summed E-state index contributed by atoms with van der Waals surface area (Å²) in [6.45, 7) is 1.33. The number of thioether (sulfide) groups is 1. The quantitative estimate of drug-likeness (QED) is 0.216. The minimum atomic E-state index is -3.10. The molecular weight excluding hydrogens is 508 g/mol. The van der Waals surface area contributed by atoms with Crippen molar-refractivity contribution in [2.24, 2.45) is 0 Å². The summed E-state index contributed by atoms with van der Waals surface area (Å²) < 4.78 is 35.2. The maximum atomic E-state index is 11.1. The molecule has 0 radical (unpaired) electrons. The third-order valence-corrected chi connectivity index (χ3v) is 9.34. The minimum absolute atomic E-state index is 0.241. The van der Waals surface area contributed by atoms with Crippen LogP contribution in [0.1, 0.15) is 12.5 Å². The van der Waals surface area contributed by atoms with Crippen LogP contribution in [0.5, 0.6) is 0 Å². The van der Waals surface area contributed by atoms with Crippen molar-refractivity contribution in [2.45, 2.75) is 42.7 Å². The van der Waals surface area contributed by atoms with E-state index in [0.29, 0.717) is 17.3 Å². The second-order valence-corrected chi connectivity index (χ2v) is 12.2. The summed E-state index contributed by atoms with van der Waals surface area (Å²) in [6, 6.07) is 10.2. The first-order valence-electron chi connectivity index (χ1n) is 11.5. The van der Waals surface area contributed by atoms with E-state index >= 15 is 0 Å². The average Bonchev–Trinajstić information content (AvgIpc) is 3.40. The molecule has 2 aromatic rings. The summed E-state index contributed by atoms with van der Waals surface area (Å²) in [5.74, 6) is 1.30. The molecule has 4 heterocycles. The zero-order valence-corrected chi connectivity index (χ0v) is 22.0. The molecule has 0 spiro atoms. The van der Waals surface area contributed by atoms with Gasteiger partial charge in [-0.2, -0.15) is 0 Å². The van der Waals surface area contributed by atoms with Crippen LogP contribution in [0.3, 0.4) is 0 Å². The number of fused-ring (bicyclic) bond motifs is 2. The molecule has 5 atom stereocenters. The number of aromatic nitrogens is 2. The van der Waals surface area contributed by atoms with Crippen molar-refractivity contribution in [3.63, 3.8) is 0 Å². The Morgan fingerprint density at radius 1 is 1.36 bits per heavy atom. The third-order valence-electron chi connectivity index (χ3n) is 6.15. The molecule has 12 nitrogen and oxygen atoms in total. The number of carbonyl (C=O) groups excluding carboxylic acids is 1. The second kappa shape index (κ2) is 10.7. The molecule has 0 saturated carbocycles. The number of nitrogens with one attached hydrogen (secondary N) is 1. The molecule has 4 unspecified atom stereocenters. The van der Waals surface area contributed by atoms with E-state index in [4.69, 9.17) is 33.5 Å². The molecule has 194 valence electrons. The molecule has 0 amide bonds. The fourth-order valence-electron chi connectivity index (χ4n) is 4.42. The predicted octanol–water partition coefficient (Wildman–Crippen LogP) is 1.24. The number of methoxy groups -OCH3 is 1. The van der Waals surface area contributed by atoms with Crippen LogP contribution in [0.4, 0.5) is 17.3 Å². The number of hydrogen-bond acceptors (Lipinski definition) is 13. The van der Waals surface area contributed by atoms with E-state index in [1.54, 1.807) is 26.4 Å². The van der Waals surface area contributed by atoms with Crippen molar-refractivity contribution in [1.82, 2.24) is 9.97 Å². The maximum absolute atomic E-state index is 11.1. The molecule has 36 heavy (non-hydrogen) atoms. The molecule has 1 aromatic carbocycles. The molecule has 0 aliphatic carbocycles. The molecule has 3 N–H and O–H groups in total. The van der Waals surface area contributed by atoms with Crippen molar-refractivity contribution in [3.8, 4) is 0 Å². The Morgan fingerprint density at radius 2 is 2.17 bits per heavy atom. The molecular formula is C21H29BN5O7PS. The van der Waals surface area contributed by atoms with Gasteiger partial charge in [0.1, 0.15) is 0 Å². The average molecular weight is 537 g/mol. The third kappa shape index (κ3) is 5.12. The van der Waals surface area contributed by atoms with E-state index in [9.17, 15) is 4.79 Å². The number of nitrogens with zero attached hydrogens (tertiary/aromatic N) is 3. The van der Waals surface area contributed by atoms with Crippen LogP contribution in [0.15, 0.2) is 36.7 Å². The van der Waals surface area contributed by atoms with Crippen LogP contribution in [-0.4, -0.2) is 74.1 Å². The first-order valence-corrected chi connectivity index (χ1v) is 14.7. The summed E-state index contributed by atoms with van der Waals surface area (Å²) in [5, 5.41) is 3.45. The standard InChI is InChI=1S/C21H29BN5O7PS/c1-12(28)30-11-32-35(22)31-8-14-16(34-35)17(29-2)20(33-14)27-19-15(18(23)24-10-25-19)26-21(27)36-9-13-6-4-3-5-7-13/h3-7,10,14,16-17,20-21,26,35H,8-9,11,22H2,1-2H3,(H2,23,24,25)/t14?,16-,17?,20?,21?/m1/s1. The van der Waals surface area contributed by atoms with Gasteiger partial charge in [0, 0.05) is 0 Å². The fraction of sp³-hybridized carbons (Fsp3) is 0.476. The number of benzene rings is 1. The SMILES string of the molecule is B[PH]1(OCOC(C)=O)OCC2OC(N3c4ncnc(N)c4NC3SCc3ccccc3)C(OC)[C@@H]2O1.